The lowest BCUT2D eigenvalue weighted by Crippen LogP contribution is -2.32. The molecule has 0 fully saturated rings. The van der Waals surface area contributed by atoms with Crippen molar-refractivity contribution in [1.82, 2.24) is 9.88 Å². The van der Waals surface area contributed by atoms with E-state index in [1.807, 2.05) is 38.1 Å². The van der Waals surface area contributed by atoms with Crippen molar-refractivity contribution in [1.29, 1.82) is 0 Å². The summed E-state index contributed by atoms with van der Waals surface area (Å²) in [6, 6.07) is 6.69. The van der Waals surface area contributed by atoms with Crippen molar-refractivity contribution in [2.75, 3.05) is 39.2 Å². The molecule has 2 aromatic heterocycles. The van der Waals surface area contributed by atoms with Gasteiger partial charge in [-0.1, -0.05) is 28.7 Å². The quantitative estimate of drug-likeness (QED) is 0.353. The Morgan fingerprint density at radius 1 is 1.20 bits per heavy atom. The molecule has 0 spiro atoms. The van der Waals surface area contributed by atoms with Crippen LogP contribution in [0.25, 0.3) is 10.2 Å². The maximum Gasteiger partial charge on any atom is 0.324 e. The van der Waals surface area contributed by atoms with E-state index in [1.165, 1.54) is 23.5 Å². The van der Waals surface area contributed by atoms with Crippen molar-refractivity contribution in [3.8, 4) is 5.75 Å². The second kappa shape index (κ2) is 10.2. The van der Waals surface area contributed by atoms with Crippen LogP contribution in [0.1, 0.15) is 21.7 Å². The minimum atomic E-state index is -0.482. The summed E-state index contributed by atoms with van der Waals surface area (Å²) in [5.74, 6) is 0.373. The van der Waals surface area contributed by atoms with Crippen LogP contribution in [0.2, 0.25) is 0 Å². The SMILES string of the molecule is COc1ccc(C)c2sc(N(CCCN(C)C)C(=O)c3ccc([N+](=O)[O-])s3)nc12.Cl. The molecule has 2 heterocycles. The first kappa shape index (κ1) is 24.0. The number of hydrogen-bond donors (Lipinski definition) is 0. The number of halogens is 1. The van der Waals surface area contributed by atoms with Crippen LogP contribution in [0.5, 0.6) is 5.75 Å². The van der Waals surface area contributed by atoms with E-state index in [2.05, 4.69) is 4.98 Å². The summed E-state index contributed by atoms with van der Waals surface area (Å²) in [5, 5.41) is 11.5. The Bertz CT molecular complexity index is 1050. The first-order valence-electron chi connectivity index (χ1n) is 8.96. The molecule has 0 N–H and O–H groups in total. The van der Waals surface area contributed by atoms with Crippen LogP contribution in [0.4, 0.5) is 10.1 Å². The number of carbonyl (C=O) groups excluding carboxylic acids is 1. The maximum atomic E-state index is 13.2. The van der Waals surface area contributed by atoms with Crippen LogP contribution in [-0.2, 0) is 0 Å². The monoisotopic (exact) mass is 470 g/mol. The van der Waals surface area contributed by atoms with Gasteiger partial charge in [0.2, 0.25) is 0 Å². The largest absolute Gasteiger partial charge is 0.494 e. The van der Waals surface area contributed by atoms with Gasteiger partial charge in [-0.2, -0.15) is 0 Å². The number of aromatic nitrogens is 1. The lowest BCUT2D eigenvalue weighted by molar-refractivity contribution is -0.380. The number of hydrogen-bond acceptors (Lipinski definition) is 8. The third kappa shape index (κ3) is 5.07. The molecule has 3 rings (SSSR count). The molecule has 0 saturated heterocycles. The molecule has 0 bridgehead atoms. The van der Waals surface area contributed by atoms with Crippen molar-refractivity contribution in [2.24, 2.45) is 0 Å². The number of benzene rings is 1. The highest BCUT2D eigenvalue weighted by molar-refractivity contribution is 7.22. The number of carbonyl (C=O) groups is 1. The third-order valence-corrected chi connectivity index (χ3v) is 6.60. The fraction of sp³-hybridized carbons (Fsp3) is 0.368. The van der Waals surface area contributed by atoms with E-state index in [0.717, 1.165) is 40.1 Å². The minimum absolute atomic E-state index is 0. The van der Waals surface area contributed by atoms with E-state index in [0.29, 0.717) is 22.3 Å². The normalized spacial score (nSPS) is 10.8. The number of anilines is 1. The van der Waals surface area contributed by atoms with Crippen molar-refractivity contribution < 1.29 is 14.5 Å². The van der Waals surface area contributed by atoms with Crippen molar-refractivity contribution in [2.45, 2.75) is 13.3 Å². The Balaban J connectivity index is 0.00000320. The minimum Gasteiger partial charge on any atom is -0.494 e. The van der Waals surface area contributed by atoms with E-state index in [9.17, 15) is 14.9 Å². The number of methoxy groups -OCH3 is 1. The van der Waals surface area contributed by atoms with E-state index >= 15 is 0 Å². The Kier molecular flexibility index (Phi) is 8.13. The molecule has 0 aliphatic heterocycles. The third-order valence-electron chi connectivity index (χ3n) is 4.36. The predicted octanol–water partition coefficient (Wildman–Crippen LogP) is 4.60. The number of thiophene rings is 1. The number of aryl methyl sites for hydroxylation is 1. The topological polar surface area (TPSA) is 88.8 Å². The average molecular weight is 471 g/mol. The zero-order valence-electron chi connectivity index (χ0n) is 17.1. The van der Waals surface area contributed by atoms with Gasteiger partial charge in [-0.3, -0.25) is 19.8 Å². The summed E-state index contributed by atoms with van der Waals surface area (Å²) in [6.07, 6.45) is 0.748. The lowest BCUT2D eigenvalue weighted by Gasteiger charge is -2.20. The summed E-state index contributed by atoms with van der Waals surface area (Å²) in [5.41, 5.74) is 1.77. The molecule has 3 aromatic rings. The number of nitrogens with zero attached hydrogens (tertiary/aromatic N) is 4. The van der Waals surface area contributed by atoms with Gasteiger partial charge in [0.15, 0.2) is 5.13 Å². The first-order chi connectivity index (χ1) is 13.8. The van der Waals surface area contributed by atoms with Crippen LogP contribution in [0, 0.1) is 17.0 Å². The standard InChI is InChI=1S/C19H22N4O4S2.ClH/c1-12-6-7-13(27-4)16-17(12)29-19(20-16)22(11-5-10-21(2)3)18(24)14-8-9-15(28-14)23(25)26;/h6-9H,5,10-11H2,1-4H3;1H. The van der Waals surface area contributed by atoms with Crippen LogP contribution in [0.15, 0.2) is 24.3 Å². The Morgan fingerprint density at radius 3 is 2.53 bits per heavy atom. The van der Waals surface area contributed by atoms with Gasteiger partial charge in [0.25, 0.3) is 5.91 Å². The van der Waals surface area contributed by atoms with Gasteiger partial charge < -0.3 is 9.64 Å². The van der Waals surface area contributed by atoms with E-state index < -0.39 is 4.92 Å². The van der Waals surface area contributed by atoms with Crippen LogP contribution in [0.3, 0.4) is 0 Å². The first-order valence-corrected chi connectivity index (χ1v) is 10.6. The second-order valence-corrected chi connectivity index (χ2v) is 8.81. The highest BCUT2D eigenvalue weighted by Gasteiger charge is 2.25. The van der Waals surface area contributed by atoms with E-state index in [4.69, 9.17) is 4.74 Å². The fourth-order valence-corrected chi connectivity index (χ4v) is 4.73. The molecule has 30 heavy (non-hydrogen) atoms. The summed E-state index contributed by atoms with van der Waals surface area (Å²) in [7, 11) is 5.54. The Morgan fingerprint density at radius 2 is 1.93 bits per heavy atom. The van der Waals surface area contributed by atoms with Crippen molar-refractivity contribution >= 4 is 61.3 Å². The average Bonchev–Trinajstić information content (AvgIpc) is 3.33. The van der Waals surface area contributed by atoms with Gasteiger partial charge >= 0.3 is 5.00 Å². The molecule has 0 aliphatic carbocycles. The summed E-state index contributed by atoms with van der Waals surface area (Å²) in [6.45, 7) is 3.26. The highest BCUT2D eigenvalue weighted by atomic mass is 35.5. The molecule has 0 atom stereocenters. The zero-order valence-corrected chi connectivity index (χ0v) is 19.5. The lowest BCUT2D eigenvalue weighted by atomic mass is 10.2. The summed E-state index contributed by atoms with van der Waals surface area (Å²) < 4.78 is 6.38. The number of nitro groups is 1. The van der Waals surface area contributed by atoms with E-state index in [1.54, 1.807) is 12.0 Å². The molecule has 0 aliphatic rings. The van der Waals surface area contributed by atoms with Gasteiger partial charge in [-0.25, -0.2) is 4.98 Å². The van der Waals surface area contributed by atoms with Gasteiger partial charge in [-0.05, 0) is 51.7 Å². The maximum absolute atomic E-state index is 13.2. The van der Waals surface area contributed by atoms with Crippen LogP contribution in [-0.4, -0.2) is 55.0 Å². The summed E-state index contributed by atoms with van der Waals surface area (Å²) in [4.78, 5) is 32.4. The molecule has 1 amide bonds. The van der Waals surface area contributed by atoms with Crippen molar-refractivity contribution in [3.63, 3.8) is 0 Å². The van der Waals surface area contributed by atoms with Crippen molar-refractivity contribution in [3.05, 3.63) is 44.8 Å². The molecule has 0 unspecified atom stereocenters. The molecule has 11 heteroatoms. The van der Waals surface area contributed by atoms with Crippen LogP contribution < -0.4 is 9.64 Å². The number of rotatable bonds is 8. The highest BCUT2D eigenvalue weighted by Crippen LogP contribution is 2.37. The zero-order chi connectivity index (χ0) is 21.1. The van der Waals surface area contributed by atoms with E-state index in [-0.39, 0.29) is 23.3 Å². The number of ether oxygens (including phenoxy) is 1. The summed E-state index contributed by atoms with van der Waals surface area (Å²) >= 11 is 2.31. The molecule has 0 radical (unpaired) electrons. The van der Waals surface area contributed by atoms with Crippen LogP contribution >= 0.6 is 35.1 Å². The molecule has 162 valence electrons. The Hall–Kier alpha value is -2.27. The molecule has 8 nitrogen and oxygen atoms in total. The van der Waals surface area contributed by atoms with Gasteiger partial charge in [0.05, 0.1) is 21.6 Å². The fourth-order valence-electron chi connectivity index (χ4n) is 2.88. The molecular formula is C19H23ClN4O4S2. The predicted molar refractivity (Wildman–Crippen MR) is 124 cm³/mol. The number of thiazole rings is 1. The van der Waals surface area contributed by atoms with Gasteiger partial charge in [0.1, 0.15) is 11.3 Å². The smallest absolute Gasteiger partial charge is 0.324 e. The molecule has 0 saturated carbocycles. The van der Waals surface area contributed by atoms with Gasteiger partial charge in [-0.15, -0.1) is 12.4 Å². The van der Waals surface area contributed by atoms with Gasteiger partial charge in [0, 0.05) is 12.6 Å². The number of amides is 1. The number of fused-ring (bicyclic) bond motifs is 1. The second-order valence-electron chi connectivity index (χ2n) is 6.77. The molecular weight excluding hydrogens is 448 g/mol. The molecule has 1 aromatic carbocycles. The Labute approximate surface area is 188 Å².